The van der Waals surface area contributed by atoms with Gasteiger partial charge in [0.2, 0.25) is 0 Å². The number of nitrogens with one attached hydrogen (secondary N) is 1. The van der Waals surface area contributed by atoms with Crippen LogP contribution < -0.4 is 5.32 Å². The number of aliphatic hydroxyl groups excluding tert-OH is 1. The molecule has 5 heteroatoms. The number of likely N-dealkylation sites (tertiary alicyclic amines) is 1. The smallest absolute Gasteiger partial charge is 0.0929 e. The van der Waals surface area contributed by atoms with Crippen molar-refractivity contribution in [1.29, 1.82) is 0 Å². The summed E-state index contributed by atoms with van der Waals surface area (Å²) in [4.78, 5) is 2.36. The molecule has 1 heterocycles. The van der Waals surface area contributed by atoms with Crippen LogP contribution in [0.3, 0.4) is 0 Å². The summed E-state index contributed by atoms with van der Waals surface area (Å²) < 4.78 is 0. The van der Waals surface area contributed by atoms with Crippen LogP contribution >= 0.6 is 23.2 Å². The van der Waals surface area contributed by atoms with E-state index in [0.717, 1.165) is 19.6 Å². The molecule has 20 heavy (non-hydrogen) atoms. The van der Waals surface area contributed by atoms with Crippen LogP contribution in [0.15, 0.2) is 18.2 Å². The molecule has 1 aromatic carbocycles. The van der Waals surface area contributed by atoms with E-state index in [4.69, 9.17) is 23.2 Å². The van der Waals surface area contributed by atoms with Crippen LogP contribution in [0.1, 0.15) is 24.5 Å². The number of hydrogen-bond acceptors (Lipinski definition) is 3. The summed E-state index contributed by atoms with van der Waals surface area (Å²) in [7, 11) is 2.16. The highest BCUT2D eigenvalue weighted by Crippen LogP contribution is 2.26. The van der Waals surface area contributed by atoms with Gasteiger partial charge in [0.25, 0.3) is 0 Å². The Morgan fingerprint density at radius 1 is 1.35 bits per heavy atom. The van der Waals surface area contributed by atoms with Gasteiger partial charge in [-0.1, -0.05) is 23.2 Å². The zero-order valence-electron chi connectivity index (χ0n) is 11.8. The van der Waals surface area contributed by atoms with Gasteiger partial charge >= 0.3 is 0 Å². The second kappa shape index (κ2) is 7.62. The number of nitrogens with zero attached hydrogens (tertiary/aromatic N) is 1. The predicted octanol–water partition coefficient (Wildman–Crippen LogP) is 2.96. The standard InChI is InChI=1S/C15H22Cl2N2O/c1-19-6-4-11(5-7-19)9-18-10-15(20)13-8-12(16)2-3-14(13)17/h2-3,8,11,15,18,20H,4-7,9-10H2,1H3. The summed E-state index contributed by atoms with van der Waals surface area (Å²) in [5, 5.41) is 14.7. The largest absolute Gasteiger partial charge is 0.387 e. The third kappa shape index (κ3) is 4.61. The molecular weight excluding hydrogens is 295 g/mol. The molecule has 0 radical (unpaired) electrons. The summed E-state index contributed by atoms with van der Waals surface area (Å²) in [6, 6.07) is 5.18. The van der Waals surface area contributed by atoms with E-state index in [2.05, 4.69) is 17.3 Å². The Balaban J connectivity index is 1.77. The van der Waals surface area contributed by atoms with Gasteiger partial charge in [-0.05, 0) is 63.6 Å². The minimum atomic E-state index is -0.618. The third-order valence-corrected chi connectivity index (χ3v) is 4.51. The topological polar surface area (TPSA) is 35.5 Å². The van der Waals surface area contributed by atoms with E-state index >= 15 is 0 Å². The SMILES string of the molecule is CN1CCC(CNCC(O)c2cc(Cl)ccc2Cl)CC1. The van der Waals surface area contributed by atoms with Gasteiger partial charge in [0.1, 0.15) is 0 Å². The van der Waals surface area contributed by atoms with Crippen molar-refractivity contribution in [3.05, 3.63) is 33.8 Å². The molecule has 0 aliphatic carbocycles. The second-order valence-corrected chi connectivity index (χ2v) is 6.43. The summed E-state index contributed by atoms with van der Waals surface area (Å²) in [6.45, 7) is 3.78. The number of rotatable bonds is 5. The molecule has 0 saturated carbocycles. The molecule has 1 aliphatic rings. The lowest BCUT2D eigenvalue weighted by Gasteiger charge is -2.29. The van der Waals surface area contributed by atoms with Crippen molar-refractivity contribution in [1.82, 2.24) is 10.2 Å². The summed E-state index contributed by atoms with van der Waals surface area (Å²) in [6.07, 6.45) is 1.82. The fourth-order valence-corrected chi connectivity index (χ4v) is 2.99. The first-order valence-corrected chi connectivity index (χ1v) is 7.84. The lowest BCUT2D eigenvalue weighted by molar-refractivity contribution is 0.165. The van der Waals surface area contributed by atoms with Gasteiger partial charge in [0.05, 0.1) is 6.10 Å². The van der Waals surface area contributed by atoms with Crippen LogP contribution in [0.2, 0.25) is 10.0 Å². The van der Waals surface area contributed by atoms with Gasteiger partial charge in [0, 0.05) is 22.2 Å². The highest BCUT2D eigenvalue weighted by Gasteiger charge is 2.17. The maximum atomic E-state index is 10.2. The van der Waals surface area contributed by atoms with E-state index in [-0.39, 0.29) is 0 Å². The van der Waals surface area contributed by atoms with E-state index in [1.165, 1.54) is 12.8 Å². The number of halogens is 2. The summed E-state index contributed by atoms with van der Waals surface area (Å²) >= 11 is 12.0. The van der Waals surface area contributed by atoms with Crippen molar-refractivity contribution >= 4 is 23.2 Å². The predicted molar refractivity (Wildman–Crippen MR) is 84.5 cm³/mol. The second-order valence-electron chi connectivity index (χ2n) is 5.59. The van der Waals surface area contributed by atoms with Crippen LogP contribution in [-0.4, -0.2) is 43.2 Å². The Hall–Kier alpha value is -0.320. The van der Waals surface area contributed by atoms with Crippen molar-refractivity contribution in [2.45, 2.75) is 18.9 Å². The van der Waals surface area contributed by atoms with Crippen LogP contribution in [0.4, 0.5) is 0 Å². The van der Waals surface area contributed by atoms with E-state index in [1.807, 2.05) is 0 Å². The molecule has 2 N–H and O–H groups in total. The Kier molecular flexibility index (Phi) is 6.12. The molecule has 1 atom stereocenters. The Morgan fingerprint density at radius 2 is 2.05 bits per heavy atom. The Bertz CT molecular complexity index is 434. The molecule has 1 unspecified atom stereocenters. The monoisotopic (exact) mass is 316 g/mol. The average Bonchev–Trinajstić information content (AvgIpc) is 2.43. The van der Waals surface area contributed by atoms with Crippen molar-refractivity contribution < 1.29 is 5.11 Å². The molecule has 0 aromatic heterocycles. The van der Waals surface area contributed by atoms with Gasteiger partial charge in [0.15, 0.2) is 0 Å². The lowest BCUT2D eigenvalue weighted by atomic mass is 9.97. The fourth-order valence-electron chi connectivity index (χ4n) is 2.57. The molecule has 2 rings (SSSR count). The van der Waals surface area contributed by atoms with E-state index in [9.17, 15) is 5.11 Å². The number of aliphatic hydroxyl groups is 1. The third-order valence-electron chi connectivity index (χ3n) is 3.93. The van der Waals surface area contributed by atoms with Crippen molar-refractivity contribution in [3.63, 3.8) is 0 Å². The minimum Gasteiger partial charge on any atom is -0.387 e. The quantitative estimate of drug-likeness (QED) is 0.876. The van der Waals surface area contributed by atoms with Crippen LogP contribution in [0, 0.1) is 5.92 Å². The van der Waals surface area contributed by atoms with Gasteiger partial charge < -0.3 is 15.3 Å². The van der Waals surface area contributed by atoms with Crippen molar-refractivity contribution in [2.24, 2.45) is 5.92 Å². The maximum absolute atomic E-state index is 10.2. The summed E-state index contributed by atoms with van der Waals surface area (Å²) in [5.41, 5.74) is 0.690. The number of hydrogen-bond donors (Lipinski definition) is 2. The average molecular weight is 317 g/mol. The molecular formula is C15H22Cl2N2O. The molecule has 3 nitrogen and oxygen atoms in total. The van der Waals surface area contributed by atoms with E-state index < -0.39 is 6.10 Å². The zero-order chi connectivity index (χ0) is 14.5. The maximum Gasteiger partial charge on any atom is 0.0929 e. The summed E-state index contributed by atoms with van der Waals surface area (Å²) in [5.74, 6) is 0.702. The van der Waals surface area contributed by atoms with E-state index in [0.29, 0.717) is 28.1 Å². The number of piperidine rings is 1. The minimum absolute atomic E-state index is 0.506. The van der Waals surface area contributed by atoms with Crippen molar-refractivity contribution in [2.75, 3.05) is 33.2 Å². The molecule has 0 amide bonds. The van der Waals surface area contributed by atoms with Gasteiger partial charge in [-0.15, -0.1) is 0 Å². The molecule has 1 fully saturated rings. The fraction of sp³-hybridized carbons (Fsp3) is 0.600. The molecule has 0 spiro atoms. The molecule has 1 saturated heterocycles. The highest BCUT2D eigenvalue weighted by molar-refractivity contribution is 6.33. The van der Waals surface area contributed by atoms with Crippen LogP contribution in [0.25, 0.3) is 0 Å². The normalized spacial score (nSPS) is 19.2. The van der Waals surface area contributed by atoms with Gasteiger partial charge in [-0.3, -0.25) is 0 Å². The van der Waals surface area contributed by atoms with Gasteiger partial charge in [-0.2, -0.15) is 0 Å². The lowest BCUT2D eigenvalue weighted by Crippen LogP contribution is -2.36. The number of benzene rings is 1. The molecule has 1 aromatic rings. The first-order chi connectivity index (χ1) is 9.56. The Labute approximate surface area is 130 Å². The van der Waals surface area contributed by atoms with Crippen molar-refractivity contribution in [3.8, 4) is 0 Å². The molecule has 112 valence electrons. The van der Waals surface area contributed by atoms with Crippen LogP contribution in [-0.2, 0) is 0 Å². The Morgan fingerprint density at radius 3 is 2.75 bits per heavy atom. The van der Waals surface area contributed by atoms with E-state index in [1.54, 1.807) is 18.2 Å². The molecule has 1 aliphatic heterocycles. The van der Waals surface area contributed by atoms with Crippen LogP contribution in [0.5, 0.6) is 0 Å². The highest BCUT2D eigenvalue weighted by atomic mass is 35.5. The zero-order valence-corrected chi connectivity index (χ0v) is 13.3. The van der Waals surface area contributed by atoms with Gasteiger partial charge in [-0.25, -0.2) is 0 Å². The first-order valence-electron chi connectivity index (χ1n) is 7.08. The first kappa shape index (κ1) is 16.1. The molecule has 0 bridgehead atoms.